The Morgan fingerprint density at radius 3 is 2.68 bits per heavy atom. The Kier molecular flexibility index (Phi) is 9.02. The molecule has 1 aromatic heterocycles. The van der Waals surface area contributed by atoms with Crippen LogP contribution in [0.2, 0.25) is 5.02 Å². The molecular formula is C22H24ClN5O5S. The normalized spacial score (nSPS) is 11.5. The van der Waals surface area contributed by atoms with E-state index in [0.717, 1.165) is 11.8 Å². The predicted octanol–water partition coefficient (Wildman–Crippen LogP) is 3.75. The second-order valence-corrected chi connectivity index (χ2v) is 9.06. The minimum absolute atomic E-state index is 0.00354. The van der Waals surface area contributed by atoms with Gasteiger partial charge in [-0.3, -0.25) is 4.18 Å². The smallest absolute Gasteiger partial charge is 0.264 e. The van der Waals surface area contributed by atoms with Crippen molar-refractivity contribution >= 4 is 45.3 Å². The summed E-state index contributed by atoms with van der Waals surface area (Å²) in [6, 6.07) is 15.0. The van der Waals surface area contributed by atoms with Crippen molar-refractivity contribution in [3.8, 4) is 5.75 Å². The molecule has 0 saturated carbocycles. The van der Waals surface area contributed by atoms with Gasteiger partial charge in [0.05, 0.1) is 29.7 Å². The van der Waals surface area contributed by atoms with Crippen molar-refractivity contribution in [3.05, 3.63) is 71.0 Å². The Morgan fingerprint density at radius 2 is 1.94 bits per heavy atom. The highest BCUT2D eigenvalue weighted by Crippen LogP contribution is 2.30. The number of nitrogens with zero attached hydrogens (tertiary/aromatic N) is 3. The molecule has 0 aliphatic heterocycles. The van der Waals surface area contributed by atoms with Crippen LogP contribution in [-0.4, -0.2) is 44.1 Å². The average molecular weight is 506 g/mol. The quantitative estimate of drug-likeness (QED) is 0.163. The summed E-state index contributed by atoms with van der Waals surface area (Å²) >= 11 is 6.39. The minimum Gasteiger partial charge on any atom is -0.487 e. The number of anilines is 3. The van der Waals surface area contributed by atoms with Crippen molar-refractivity contribution in [3.63, 3.8) is 0 Å². The number of halogens is 1. The molecule has 0 bridgehead atoms. The molecule has 12 heteroatoms. The fourth-order valence-corrected chi connectivity index (χ4v) is 3.34. The van der Waals surface area contributed by atoms with E-state index in [2.05, 4.69) is 24.6 Å². The number of nitrogen functional groups attached to an aromatic ring is 1. The van der Waals surface area contributed by atoms with Crippen LogP contribution in [0.5, 0.6) is 5.75 Å². The molecule has 34 heavy (non-hydrogen) atoms. The zero-order valence-corrected chi connectivity index (χ0v) is 19.9. The summed E-state index contributed by atoms with van der Waals surface area (Å²) in [7, 11) is -3.48. The van der Waals surface area contributed by atoms with E-state index in [-0.39, 0.29) is 19.0 Å². The molecule has 0 unspecified atom stereocenters. The molecule has 3 aromatic rings. The van der Waals surface area contributed by atoms with E-state index in [1.54, 1.807) is 18.2 Å². The lowest BCUT2D eigenvalue weighted by molar-refractivity contribution is 0.130. The molecule has 0 amide bonds. The zero-order chi connectivity index (χ0) is 24.4. The van der Waals surface area contributed by atoms with E-state index in [4.69, 9.17) is 26.9 Å². The molecule has 3 N–H and O–H groups in total. The molecule has 0 fully saturated rings. The first-order valence-corrected chi connectivity index (χ1v) is 12.3. The highest BCUT2D eigenvalue weighted by Gasteiger charge is 2.10. The Bertz CT molecular complexity index is 1230. The van der Waals surface area contributed by atoms with E-state index < -0.39 is 10.1 Å². The number of rotatable bonds is 12. The van der Waals surface area contributed by atoms with Crippen LogP contribution in [0.15, 0.2) is 60.0 Å². The molecule has 0 radical (unpaired) electrons. The molecule has 10 nitrogen and oxygen atoms in total. The van der Waals surface area contributed by atoms with E-state index in [0.29, 0.717) is 40.9 Å². The Balaban J connectivity index is 1.60. The fraction of sp³-hybridized carbons (Fsp3) is 0.227. The molecule has 3 rings (SSSR count). The monoisotopic (exact) mass is 505 g/mol. The molecule has 0 spiro atoms. The third kappa shape index (κ3) is 8.18. The third-order valence-corrected chi connectivity index (χ3v) is 5.17. The topological polar surface area (TPSA) is 138 Å². The van der Waals surface area contributed by atoms with Crippen LogP contribution in [0.25, 0.3) is 0 Å². The lowest BCUT2D eigenvalue weighted by atomic mass is 10.2. The third-order valence-electron chi connectivity index (χ3n) is 4.28. The SMILES string of the molecule is CS(=O)(=O)OCCCO/N=C/c1c(N)ncnc1Nc1ccc(OCc2ccccc2)c(Cl)c1. The second kappa shape index (κ2) is 12.2. The fourth-order valence-electron chi connectivity index (χ4n) is 2.68. The van der Waals surface area contributed by atoms with Gasteiger partial charge in [0.25, 0.3) is 10.1 Å². The number of nitrogens with one attached hydrogen (secondary N) is 1. The summed E-state index contributed by atoms with van der Waals surface area (Å²) in [6.45, 7) is 0.558. The molecule has 0 aliphatic carbocycles. The van der Waals surface area contributed by atoms with E-state index in [9.17, 15) is 8.42 Å². The number of aromatic nitrogens is 2. The Hall–Kier alpha value is -3.41. The van der Waals surface area contributed by atoms with Gasteiger partial charge in [-0.15, -0.1) is 0 Å². The van der Waals surface area contributed by atoms with Crippen molar-refractivity contribution in [1.82, 2.24) is 9.97 Å². The summed E-state index contributed by atoms with van der Waals surface area (Å²) in [5.41, 5.74) is 8.07. The van der Waals surface area contributed by atoms with E-state index in [1.807, 2.05) is 30.3 Å². The first kappa shape index (κ1) is 25.2. The summed E-state index contributed by atoms with van der Waals surface area (Å²) < 4.78 is 32.3. The van der Waals surface area contributed by atoms with Gasteiger partial charge in [0.15, 0.2) is 0 Å². The van der Waals surface area contributed by atoms with Crippen molar-refractivity contribution in [2.45, 2.75) is 13.0 Å². The number of ether oxygens (including phenoxy) is 1. The molecule has 180 valence electrons. The van der Waals surface area contributed by atoms with E-state index >= 15 is 0 Å². The zero-order valence-electron chi connectivity index (χ0n) is 18.3. The van der Waals surface area contributed by atoms with Crippen molar-refractivity contribution in [2.24, 2.45) is 5.16 Å². The number of hydrogen-bond acceptors (Lipinski definition) is 10. The molecule has 0 aliphatic rings. The van der Waals surface area contributed by atoms with Gasteiger partial charge >= 0.3 is 0 Å². The summed E-state index contributed by atoms with van der Waals surface area (Å²) in [6.07, 6.45) is 4.01. The van der Waals surface area contributed by atoms with Crippen molar-refractivity contribution in [2.75, 3.05) is 30.5 Å². The average Bonchev–Trinajstić information content (AvgIpc) is 2.79. The largest absolute Gasteiger partial charge is 0.487 e. The number of oxime groups is 1. The standard InChI is InChI=1S/C22H24ClN5O5S/c1-34(29,30)33-11-5-10-32-27-13-18-21(24)25-15-26-22(18)28-17-8-9-20(19(23)12-17)31-14-16-6-3-2-4-7-16/h2-4,6-9,12-13,15H,5,10-11,14H2,1H3,(H3,24,25,26,28)/b27-13+. The summed E-state index contributed by atoms with van der Waals surface area (Å²) in [5.74, 6) is 1.14. The van der Waals surface area contributed by atoms with Gasteiger partial charge in [-0.1, -0.05) is 47.1 Å². The van der Waals surface area contributed by atoms with Crippen LogP contribution in [0, 0.1) is 0 Å². The van der Waals surface area contributed by atoms with Crippen LogP contribution in [0.3, 0.4) is 0 Å². The van der Waals surface area contributed by atoms with Gasteiger partial charge in [-0.2, -0.15) is 8.42 Å². The molecule has 0 atom stereocenters. The molecule has 1 heterocycles. The van der Waals surface area contributed by atoms with Gasteiger partial charge in [0.2, 0.25) is 0 Å². The lowest BCUT2D eigenvalue weighted by Gasteiger charge is -2.12. The number of hydrogen-bond donors (Lipinski definition) is 2. The van der Waals surface area contributed by atoms with Gasteiger partial charge in [0.1, 0.15) is 36.9 Å². The predicted molar refractivity (Wildman–Crippen MR) is 131 cm³/mol. The van der Waals surface area contributed by atoms with Gasteiger partial charge in [0, 0.05) is 12.1 Å². The van der Waals surface area contributed by atoms with Crippen LogP contribution < -0.4 is 15.8 Å². The maximum Gasteiger partial charge on any atom is 0.264 e. The first-order valence-electron chi connectivity index (χ1n) is 10.2. The molecule has 0 saturated heterocycles. The van der Waals surface area contributed by atoms with Crippen LogP contribution in [0.1, 0.15) is 17.5 Å². The van der Waals surface area contributed by atoms with Crippen LogP contribution >= 0.6 is 11.6 Å². The second-order valence-electron chi connectivity index (χ2n) is 7.01. The first-order chi connectivity index (χ1) is 16.3. The molecular weight excluding hydrogens is 482 g/mol. The lowest BCUT2D eigenvalue weighted by Crippen LogP contribution is -2.06. The number of nitrogens with two attached hydrogens (primary N) is 1. The van der Waals surface area contributed by atoms with Crippen molar-refractivity contribution in [1.29, 1.82) is 0 Å². The maximum atomic E-state index is 10.9. The Labute approximate surface area is 202 Å². The summed E-state index contributed by atoms with van der Waals surface area (Å²) in [5, 5.41) is 7.40. The van der Waals surface area contributed by atoms with Gasteiger partial charge in [-0.25, -0.2) is 9.97 Å². The maximum absolute atomic E-state index is 10.9. The molecule has 2 aromatic carbocycles. The van der Waals surface area contributed by atoms with Crippen molar-refractivity contribution < 1.29 is 22.2 Å². The van der Waals surface area contributed by atoms with Crippen LogP contribution in [0.4, 0.5) is 17.3 Å². The highest BCUT2D eigenvalue weighted by molar-refractivity contribution is 7.85. The van der Waals surface area contributed by atoms with Crippen LogP contribution in [-0.2, 0) is 25.7 Å². The highest BCUT2D eigenvalue weighted by atomic mass is 35.5. The minimum atomic E-state index is -3.48. The number of benzene rings is 2. The summed E-state index contributed by atoms with van der Waals surface area (Å²) in [4.78, 5) is 13.3. The van der Waals surface area contributed by atoms with Gasteiger partial charge in [-0.05, 0) is 23.8 Å². The van der Waals surface area contributed by atoms with Gasteiger partial charge < -0.3 is 20.6 Å². The Morgan fingerprint density at radius 1 is 1.15 bits per heavy atom. The van der Waals surface area contributed by atoms with E-state index in [1.165, 1.54) is 12.5 Å².